The molecule has 21 heavy (non-hydrogen) atoms. The number of carbonyl (C=O) groups is 1. The molecule has 0 unspecified atom stereocenters. The van der Waals surface area contributed by atoms with Crippen LogP contribution in [0.5, 0.6) is 5.75 Å². The number of benzene rings is 1. The van der Waals surface area contributed by atoms with Gasteiger partial charge >= 0.3 is 0 Å². The van der Waals surface area contributed by atoms with E-state index in [1.54, 1.807) is 13.2 Å². The number of nitrogens with zero attached hydrogens (tertiary/aromatic N) is 2. The second kappa shape index (κ2) is 5.76. The number of rotatable bonds is 4. The summed E-state index contributed by atoms with van der Waals surface area (Å²) in [6.07, 6.45) is 1.53. The summed E-state index contributed by atoms with van der Waals surface area (Å²) >= 11 is 1.36. The molecular weight excluding hydrogens is 288 g/mol. The van der Waals surface area contributed by atoms with Gasteiger partial charge in [0.1, 0.15) is 5.75 Å². The van der Waals surface area contributed by atoms with Crippen LogP contribution >= 0.6 is 11.3 Å². The molecule has 0 aliphatic carbocycles. The van der Waals surface area contributed by atoms with Crippen LogP contribution in [0, 0.1) is 0 Å². The number of ether oxygens (including phenoxy) is 1. The van der Waals surface area contributed by atoms with E-state index in [1.807, 2.05) is 29.6 Å². The molecule has 0 aliphatic rings. The van der Waals surface area contributed by atoms with Gasteiger partial charge in [-0.15, -0.1) is 11.3 Å². The average Bonchev–Trinajstić information content (AvgIpc) is 3.16. The molecule has 3 rings (SSSR count). The Morgan fingerprint density at radius 2 is 2.38 bits per heavy atom. The maximum absolute atomic E-state index is 11.7. The summed E-state index contributed by atoms with van der Waals surface area (Å²) < 4.78 is 5.18. The van der Waals surface area contributed by atoms with E-state index in [0.717, 1.165) is 16.7 Å². The van der Waals surface area contributed by atoms with Crippen LogP contribution < -0.4 is 10.2 Å². The van der Waals surface area contributed by atoms with E-state index in [4.69, 9.17) is 4.74 Å². The van der Waals surface area contributed by atoms with Gasteiger partial charge in [-0.05, 0) is 29.6 Å². The number of nitrogens with one attached hydrogen (secondary N) is 2. The van der Waals surface area contributed by atoms with E-state index in [1.165, 1.54) is 17.6 Å². The van der Waals surface area contributed by atoms with E-state index < -0.39 is 0 Å². The van der Waals surface area contributed by atoms with Crippen molar-refractivity contribution in [3.63, 3.8) is 0 Å². The highest BCUT2D eigenvalue weighted by atomic mass is 32.1. The first-order chi connectivity index (χ1) is 10.3. The summed E-state index contributed by atoms with van der Waals surface area (Å²) in [4.78, 5) is 12.4. The molecule has 2 aromatic heterocycles. The summed E-state index contributed by atoms with van der Waals surface area (Å²) in [5.41, 5.74) is 3.99. The number of H-pyrrole nitrogens is 1. The topological polar surface area (TPSA) is 79.4 Å². The number of aromatic amines is 1. The maximum Gasteiger partial charge on any atom is 0.281 e. The fraction of sp³-hybridized carbons (Fsp3) is 0.0714. The lowest BCUT2D eigenvalue weighted by Gasteiger charge is -1.98. The second-order valence-electron chi connectivity index (χ2n) is 4.20. The Balaban J connectivity index is 1.78. The van der Waals surface area contributed by atoms with E-state index in [9.17, 15) is 4.79 Å². The van der Waals surface area contributed by atoms with Gasteiger partial charge in [-0.25, -0.2) is 5.43 Å². The molecular formula is C14H12N4O2S. The predicted octanol–water partition coefficient (Wildman–Crippen LogP) is 2.40. The molecule has 0 aliphatic heterocycles. The van der Waals surface area contributed by atoms with Crippen LogP contribution in [0.3, 0.4) is 0 Å². The van der Waals surface area contributed by atoms with Crippen LogP contribution in [0.15, 0.2) is 40.8 Å². The normalized spacial score (nSPS) is 11.1. The standard InChI is InChI=1S/C14H12N4O2S/c1-20-9-4-5-11-10(7-9)12(17-16-11)8-15-18-14(19)13-3-2-6-21-13/h2-8H,1H3,(H,16,17)(H,18,19)/b15-8+. The van der Waals surface area contributed by atoms with Crippen LogP contribution in [-0.2, 0) is 0 Å². The van der Waals surface area contributed by atoms with Gasteiger partial charge in [0.15, 0.2) is 0 Å². The molecule has 0 bridgehead atoms. The summed E-state index contributed by atoms with van der Waals surface area (Å²) in [6, 6.07) is 9.11. The van der Waals surface area contributed by atoms with Gasteiger partial charge in [0, 0.05) is 5.39 Å². The van der Waals surface area contributed by atoms with Crippen molar-refractivity contribution in [2.24, 2.45) is 5.10 Å². The van der Waals surface area contributed by atoms with Gasteiger partial charge in [-0.2, -0.15) is 10.2 Å². The fourth-order valence-corrected chi connectivity index (χ4v) is 2.47. The quantitative estimate of drug-likeness (QED) is 0.573. The molecule has 0 atom stereocenters. The summed E-state index contributed by atoms with van der Waals surface area (Å²) in [7, 11) is 1.61. The van der Waals surface area contributed by atoms with E-state index in [2.05, 4.69) is 20.7 Å². The first-order valence-electron chi connectivity index (χ1n) is 6.17. The zero-order valence-electron chi connectivity index (χ0n) is 11.2. The molecule has 0 saturated carbocycles. The third-order valence-electron chi connectivity index (χ3n) is 2.90. The number of aromatic nitrogens is 2. The first-order valence-corrected chi connectivity index (χ1v) is 7.05. The number of hydrogen-bond acceptors (Lipinski definition) is 5. The molecule has 1 aromatic carbocycles. The van der Waals surface area contributed by atoms with Crippen LogP contribution in [0.2, 0.25) is 0 Å². The van der Waals surface area contributed by atoms with Gasteiger partial charge in [0.2, 0.25) is 0 Å². The van der Waals surface area contributed by atoms with Crippen LogP contribution in [0.25, 0.3) is 10.9 Å². The Bertz CT molecular complexity index is 793. The third-order valence-corrected chi connectivity index (χ3v) is 3.76. The average molecular weight is 300 g/mol. The number of thiophene rings is 1. The minimum atomic E-state index is -0.234. The van der Waals surface area contributed by atoms with Crippen molar-refractivity contribution >= 4 is 34.4 Å². The van der Waals surface area contributed by atoms with Crippen molar-refractivity contribution < 1.29 is 9.53 Å². The van der Waals surface area contributed by atoms with E-state index in [-0.39, 0.29) is 5.91 Å². The molecule has 0 radical (unpaired) electrons. The Morgan fingerprint density at radius 1 is 1.48 bits per heavy atom. The number of methoxy groups -OCH3 is 1. The van der Waals surface area contributed by atoms with Gasteiger partial charge in [0.25, 0.3) is 5.91 Å². The summed E-state index contributed by atoms with van der Waals surface area (Å²) in [5, 5.41) is 13.7. The highest BCUT2D eigenvalue weighted by Crippen LogP contribution is 2.20. The molecule has 3 aromatic rings. The maximum atomic E-state index is 11.7. The van der Waals surface area contributed by atoms with E-state index in [0.29, 0.717) is 10.6 Å². The Hall–Kier alpha value is -2.67. The zero-order valence-corrected chi connectivity index (χ0v) is 12.0. The molecule has 1 amide bonds. The zero-order chi connectivity index (χ0) is 14.7. The van der Waals surface area contributed by atoms with Crippen molar-refractivity contribution in [3.8, 4) is 5.75 Å². The number of hydrazone groups is 1. The van der Waals surface area contributed by atoms with Crippen LogP contribution in [0.1, 0.15) is 15.4 Å². The lowest BCUT2D eigenvalue weighted by Crippen LogP contribution is -2.16. The predicted molar refractivity (Wildman–Crippen MR) is 82.0 cm³/mol. The highest BCUT2D eigenvalue weighted by Gasteiger charge is 2.06. The molecule has 0 saturated heterocycles. The molecule has 2 heterocycles. The second-order valence-corrected chi connectivity index (χ2v) is 5.14. The Kier molecular flexibility index (Phi) is 3.65. The molecule has 2 N–H and O–H groups in total. The Labute approximate surface area is 124 Å². The molecule has 0 spiro atoms. The van der Waals surface area contributed by atoms with Crippen molar-refractivity contribution in [3.05, 3.63) is 46.3 Å². The number of hydrogen-bond donors (Lipinski definition) is 2. The number of carbonyl (C=O) groups excluding carboxylic acids is 1. The van der Waals surface area contributed by atoms with Crippen molar-refractivity contribution in [1.29, 1.82) is 0 Å². The van der Waals surface area contributed by atoms with E-state index >= 15 is 0 Å². The fourth-order valence-electron chi connectivity index (χ4n) is 1.85. The minimum absolute atomic E-state index is 0.234. The van der Waals surface area contributed by atoms with Crippen molar-refractivity contribution in [1.82, 2.24) is 15.6 Å². The first kappa shape index (κ1) is 13.3. The lowest BCUT2D eigenvalue weighted by molar-refractivity contribution is 0.0959. The number of fused-ring (bicyclic) bond motifs is 1. The van der Waals surface area contributed by atoms with Gasteiger partial charge < -0.3 is 4.74 Å². The molecule has 6 nitrogen and oxygen atoms in total. The van der Waals surface area contributed by atoms with Crippen LogP contribution in [0.4, 0.5) is 0 Å². The highest BCUT2D eigenvalue weighted by molar-refractivity contribution is 7.12. The smallest absolute Gasteiger partial charge is 0.281 e. The molecule has 0 fully saturated rings. The summed E-state index contributed by atoms with van der Waals surface area (Å²) in [6.45, 7) is 0. The number of amides is 1. The largest absolute Gasteiger partial charge is 0.497 e. The van der Waals surface area contributed by atoms with Gasteiger partial charge in [-0.1, -0.05) is 6.07 Å². The minimum Gasteiger partial charge on any atom is -0.497 e. The SMILES string of the molecule is COc1ccc2n[nH]c(/C=N/NC(=O)c3cccs3)c2c1. The van der Waals surface area contributed by atoms with Crippen LogP contribution in [-0.4, -0.2) is 29.4 Å². The third kappa shape index (κ3) is 2.77. The lowest BCUT2D eigenvalue weighted by atomic mass is 10.2. The molecule has 7 heteroatoms. The van der Waals surface area contributed by atoms with Gasteiger partial charge in [-0.3, -0.25) is 9.89 Å². The van der Waals surface area contributed by atoms with Crippen molar-refractivity contribution in [2.75, 3.05) is 7.11 Å². The Morgan fingerprint density at radius 3 is 3.14 bits per heavy atom. The monoisotopic (exact) mass is 300 g/mol. The molecule has 106 valence electrons. The van der Waals surface area contributed by atoms with Crippen molar-refractivity contribution in [2.45, 2.75) is 0 Å². The van der Waals surface area contributed by atoms with Gasteiger partial charge in [0.05, 0.1) is 29.4 Å². The summed E-state index contributed by atoms with van der Waals surface area (Å²) in [5.74, 6) is 0.504.